The van der Waals surface area contributed by atoms with E-state index in [4.69, 9.17) is 9.15 Å². The average Bonchev–Trinajstić information content (AvgIpc) is 2.78. The summed E-state index contributed by atoms with van der Waals surface area (Å²) in [6.45, 7) is 0. The zero-order chi connectivity index (χ0) is 10.7. The lowest BCUT2D eigenvalue weighted by atomic mass is 10.2. The zero-order valence-electron chi connectivity index (χ0n) is 8.43. The maximum absolute atomic E-state index is 5.40. The molecule has 1 heterocycles. The smallest absolute Gasteiger partial charge is 0.276 e. The Morgan fingerprint density at radius 1 is 1.33 bits per heavy atom. The van der Waals surface area contributed by atoms with Gasteiger partial charge >= 0.3 is 0 Å². The number of aromatic nitrogens is 2. The third-order valence-corrected chi connectivity index (χ3v) is 2.41. The van der Waals surface area contributed by atoms with Gasteiger partial charge in [-0.05, 0) is 24.5 Å². The first-order valence-corrected chi connectivity index (χ1v) is 5.58. The van der Waals surface area contributed by atoms with Gasteiger partial charge in [-0.25, -0.2) is 0 Å². The lowest BCUT2D eigenvalue weighted by Gasteiger charge is -1.99. The first-order chi connectivity index (χ1) is 7.33. The van der Waals surface area contributed by atoms with Gasteiger partial charge in [-0.2, -0.15) is 0 Å². The Morgan fingerprint density at radius 3 is 2.87 bits per heavy atom. The summed E-state index contributed by atoms with van der Waals surface area (Å²) >= 11 is 1.42. The number of hydrogen-bond donors (Lipinski definition) is 0. The third kappa shape index (κ3) is 2.12. The number of hydrogen-bond acceptors (Lipinski definition) is 5. The van der Waals surface area contributed by atoms with Crippen LogP contribution in [0.15, 0.2) is 33.9 Å². The van der Waals surface area contributed by atoms with E-state index in [2.05, 4.69) is 10.2 Å². The molecule has 0 aliphatic heterocycles. The molecule has 2 rings (SSSR count). The second-order valence-corrected chi connectivity index (χ2v) is 3.57. The van der Waals surface area contributed by atoms with E-state index >= 15 is 0 Å². The first kappa shape index (κ1) is 10.0. The van der Waals surface area contributed by atoms with Crippen LogP contribution in [-0.2, 0) is 0 Å². The van der Waals surface area contributed by atoms with Crippen molar-refractivity contribution in [1.82, 2.24) is 10.2 Å². The number of ether oxygens (including phenoxy) is 1. The normalized spacial score (nSPS) is 10.3. The van der Waals surface area contributed by atoms with Crippen molar-refractivity contribution in [3.05, 3.63) is 24.3 Å². The minimum atomic E-state index is 0.512. The molecule has 0 aliphatic rings. The average molecular weight is 222 g/mol. The first-order valence-electron chi connectivity index (χ1n) is 4.35. The van der Waals surface area contributed by atoms with Gasteiger partial charge in [-0.15, -0.1) is 10.2 Å². The molecule has 0 atom stereocenters. The third-order valence-electron chi connectivity index (χ3n) is 1.90. The van der Waals surface area contributed by atoms with Crippen LogP contribution in [-0.4, -0.2) is 23.6 Å². The fraction of sp³-hybridized carbons (Fsp3) is 0.200. The van der Waals surface area contributed by atoms with E-state index < -0.39 is 0 Å². The van der Waals surface area contributed by atoms with E-state index in [9.17, 15) is 0 Å². The summed E-state index contributed by atoms with van der Waals surface area (Å²) < 4.78 is 10.5. The van der Waals surface area contributed by atoms with E-state index in [1.807, 2.05) is 30.5 Å². The number of thioether (sulfide) groups is 1. The van der Waals surface area contributed by atoms with Crippen molar-refractivity contribution in [2.24, 2.45) is 0 Å². The summed E-state index contributed by atoms with van der Waals surface area (Å²) in [5, 5.41) is 8.37. The van der Waals surface area contributed by atoms with E-state index in [0.717, 1.165) is 11.3 Å². The second kappa shape index (κ2) is 4.35. The van der Waals surface area contributed by atoms with Crippen LogP contribution in [0.25, 0.3) is 11.5 Å². The van der Waals surface area contributed by atoms with Crippen LogP contribution in [0.4, 0.5) is 0 Å². The molecule has 2 aromatic rings. The highest BCUT2D eigenvalue weighted by Crippen LogP contribution is 2.24. The van der Waals surface area contributed by atoms with Crippen LogP contribution in [0.1, 0.15) is 0 Å². The molecule has 15 heavy (non-hydrogen) atoms. The van der Waals surface area contributed by atoms with Crippen molar-refractivity contribution in [2.75, 3.05) is 13.4 Å². The van der Waals surface area contributed by atoms with Crippen LogP contribution in [0.5, 0.6) is 5.75 Å². The number of benzene rings is 1. The molecule has 78 valence electrons. The molecule has 4 nitrogen and oxygen atoms in total. The van der Waals surface area contributed by atoms with Crippen LogP contribution in [0.3, 0.4) is 0 Å². The van der Waals surface area contributed by atoms with Crippen molar-refractivity contribution < 1.29 is 9.15 Å². The molecule has 0 radical (unpaired) electrons. The SMILES string of the molecule is COc1cccc(-c2nnc(SC)o2)c1. The molecule has 1 aromatic heterocycles. The Labute approximate surface area is 91.7 Å². The van der Waals surface area contributed by atoms with Gasteiger partial charge in [-0.1, -0.05) is 17.8 Å². The number of rotatable bonds is 3. The van der Waals surface area contributed by atoms with Gasteiger partial charge in [0.1, 0.15) is 5.75 Å². The Bertz CT molecular complexity index is 456. The van der Waals surface area contributed by atoms with Gasteiger partial charge in [0, 0.05) is 5.56 Å². The van der Waals surface area contributed by atoms with Gasteiger partial charge < -0.3 is 9.15 Å². The van der Waals surface area contributed by atoms with E-state index in [1.165, 1.54) is 11.8 Å². The lowest BCUT2D eigenvalue weighted by molar-refractivity contribution is 0.414. The standard InChI is InChI=1S/C10H10N2O2S/c1-13-8-5-3-4-7(6-8)9-11-12-10(14-9)15-2/h3-6H,1-2H3. The van der Waals surface area contributed by atoms with Gasteiger partial charge in [0.25, 0.3) is 5.22 Å². The Morgan fingerprint density at radius 2 is 2.20 bits per heavy atom. The van der Waals surface area contributed by atoms with Gasteiger partial charge in [0.2, 0.25) is 5.89 Å². The van der Waals surface area contributed by atoms with Crippen molar-refractivity contribution in [2.45, 2.75) is 5.22 Å². The van der Waals surface area contributed by atoms with Crippen molar-refractivity contribution in [3.8, 4) is 17.2 Å². The van der Waals surface area contributed by atoms with Gasteiger partial charge in [0.05, 0.1) is 7.11 Å². The summed E-state index contributed by atoms with van der Waals surface area (Å²) in [6, 6.07) is 7.52. The number of methoxy groups -OCH3 is 1. The molecule has 0 amide bonds. The fourth-order valence-electron chi connectivity index (χ4n) is 1.17. The highest BCUT2D eigenvalue weighted by Gasteiger charge is 2.07. The molecular weight excluding hydrogens is 212 g/mol. The predicted molar refractivity (Wildman–Crippen MR) is 58.1 cm³/mol. The van der Waals surface area contributed by atoms with Crippen molar-refractivity contribution >= 4 is 11.8 Å². The van der Waals surface area contributed by atoms with E-state index in [0.29, 0.717) is 11.1 Å². The molecule has 0 aliphatic carbocycles. The van der Waals surface area contributed by atoms with E-state index in [-0.39, 0.29) is 0 Å². The molecular formula is C10H10N2O2S. The van der Waals surface area contributed by atoms with Crippen LogP contribution in [0.2, 0.25) is 0 Å². The summed E-state index contributed by atoms with van der Waals surface area (Å²) in [5.41, 5.74) is 0.863. The van der Waals surface area contributed by atoms with Crippen LogP contribution >= 0.6 is 11.8 Å². The molecule has 0 saturated carbocycles. The lowest BCUT2D eigenvalue weighted by Crippen LogP contribution is -1.83. The Hall–Kier alpha value is -1.49. The molecule has 0 bridgehead atoms. The maximum atomic E-state index is 5.40. The van der Waals surface area contributed by atoms with Crippen molar-refractivity contribution in [3.63, 3.8) is 0 Å². The minimum Gasteiger partial charge on any atom is -0.497 e. The topological polar surface area (TPSA) is 48.2 Å². The van der Waals surface area contributed by atoms with Crippen molar-refractivity contribution in [1.29, 1.82) is 0 Å². The molecule has 0 saturated heterocycles. The zero-order valence-corrected chi connectivity index (χ0v) is 9.25. The predicted octanol–water partition coefficient (Wildman–Crippen LogP) is 2.47. The summed E-state index contributed by atoms with van der Waals surface area (Å²) in [4.78, 5) is 0. The monoisotopic (exact) mass is 222 g/mol. The molecule has 1 aromatic carbocycles. The Kier molecular flexibility index (Phi) is 2.91. The van der Waals surface area contributed by atoms with Crippen LogP contribution in [0, 0.1) is 0 Å². The largest absolute Gasteiger partial charge is 0.497 e. The highest BCUT2D eigenvalue weighted by molar-refractivity contribution is 7.98. The quantitative estimate of drug-likeness (QED) is 0.746. The summed E-state index contributed by atoms with van der Waals surface area (Å²) in [7, 11) is 1.63. The summed E-state index contributed by atoms with van der Waals surface area (Å²) in [6.07, 6.45) is 1.89. The number of nitrogens with zero attached hydrogens (tertiary/aromatic N) is 2. The van der Waals surface area contributed by atoms with Gasteiger partial charge in [-0.3, -0.25) is 0 Å². The molecule has 0 unspecified atom stereocenters. The van der Waals surface area contributed by atoms with Crippen LogP contribution < -0.4 is 4.74 Å². The molecule has 0 N–H and O–H groups in total. The molecule has 0 spiro atoms. The maximum Gasteiger partial charge on any atom is 0.276 e. The minimum absolute atomic E-state index is 0.512. The Balaban J connectivity index is 2.35. The van der Waals surface area contributed by atoms with Gasteiger partial charge in [0.15, 0.2) is 0 Å². The molecule has 0 fully saturated rings. The fourth-order valence-corrected chi connectivity index (χ4v) is 1.45. The summed E-state index contributed by atoms with van der Waals surface area (Å²) in [5.74, 6) is 1.29. The second-order valence-electron chi connectivity index (χ2n) is 2.81. The molecule has 5 heteroatoms. The highest BCUT2D eigenvalue weighted by atomic mass is 32.2. The van der Waals surface area contributed by atoms with E-state index in [1.54, 1.807) is 7.11 Å².